The molecule has 11 rings (SSSR count). The molecule has 61 heavy (non-hydrogen) atoms. The lowest BCUT2D eigenvalue weighted by Crippen LogP contribution is -2.25. The van der Waals surface area contributed by atoms with Crippen LogP contribution in [-0.2, 0) is 16.2 Å². The Balaban J connectivity index is 1.08. The number of unbranched alkanes of at least 4 members (excludes halogenated alkanes) is 2. The van der Waals surface area contributed by atoms with Crippen molar-refractivity contribution in [1.29, 1.82) is 0 Å². The molecule has 1 aliphatic rings. The lowest BCUT2D eigenvalue weighted by atomic mass is 9.70. The van der Waals surface area contributed by atoms with E-state index < -0.39 is 0 Å². The van der Waals surface area contributed by atoms with E-state index in [9.17, 15) is 0 Å². The maximum atomic E-state index is 2.62. The van der Waals surface area contributed by atoms with Gasteiger partial charge in [-0.2, -0.15) is 0 Å². The summed E-state index contributed by atoms with van der Waals surface area (Å²) < 4.78 is 0. The third kappa shape index (κ3) is 5.78. The molecule has 0 spiro atoms. The first-order valence-corrected chi connectivity index (χ1v) is 23.1. The highest BCUT2D eigenvalue weighted by Gasteiger charge is 2.42. The molecular weight excluding hydrogens is 733 g/mol. The van der Waals surface area contributed by atoms with Crippen LogP contribution in [0.25, 0.3) is 98.0 Å². The van der Waals surface area contributed by atoms with Crippen LogP contribution < -0.4 is 0 Å². The number of hydrogen-bond donors (Lipinski definition) is 0. The molecule has 0 heterocycles. The molecule has 0 aliphatic heterocycles. The Hall–Kier alpha value is -5.72. The molecule has 0 radical (unpaired) electrons. The zero-order valence-electron chi connectivity index (χ0n) is 37.4. The van der Waals surface area contributed by atoms with E-state index >= 15 is 0 Å². The minimum atomic E-state index is -0.0387. The summed E-state index contributed by atoms with van der Waals surface area (Å²) in [6, 6.07) is 53.1. The monoisotopic (exact) mass is 790 g/mol. The molecule has 10 aromatic rings. The fraction of sp³-hybridized carbons (Fsp3) is 0.279. The Morgan fingerprint density at radius 3 is 1.08 bits per heavy atom. The third-order valence-electron chi connectivity index (χ3n) is 14.8. The average Bonchev–Trinajstić information content (AvgIpc) is 3.52. The van der Waals surface area contributed by atoms with Gasteiger partial charge in [-0.15, -0.1) is 0 Å². The van der Waals surface area contributed by atoms with Crippen LogP contribution in [0.15, 0.2) is 133 Å². The van der Waals surface area contributed by atoms with Crippen molar-refractivity contribution >= 4 is 64.6 Å². The normalized spacial score (nSPS) is 14.1. The molecule has 0 aromatic heterocycles. The average molecular weight is 791 g/mol. The number of hydrogen-bond acceptors (Lipinski definition) is 0. The van der Waals surface area contributed by atoms with Gasteiger partial charge in [0.1, 0.15) is 0 Å². The fourth-order valence-corrected chi connectivity index (χ4v) is 11.5. The van der Waals surface area contributed by atoms with Crippen LogP contribution in [-0.4, -0.2) is 0 Å². The molecule has 0 saturated carbocycles. The van der Waals surface area contributed by atoms with Crippen molar-refractivity contribution < 1.29 is 0 Å². The first-order valence-electron chi connectivity index (χ1n) is 23.1. The topological polar surface area (TPSA) is 0 Å². The Labute approximate surface area is 362 Å². The minimum Gasteiger partial charge on any atom is -0.0654 e. The maximum Gasteiger partial charge on any atom is 0.0215 e. The van der Waals surface area contributed by atoms with Crippen LogP contribution in [0.4, 0.5) is 0 Å². The minimum absolute atomic E-state index is 0.0387. The predicted molar refractivity (Wildman–Crippen MR) is 267 cm³/mol. The van der Waals surface area contributed by atoms with E-state index in [0.29, 0.717) is 0 Å². The Morgan fingerprint density at radius 2 is 0.705 bits per heavy atom. The van der Waals surface area contributed by atoms with Gasteiger partial charge in [0, 0.05) is 5.41 Å². The molecule has 1 aliphatic carbocycles. The van der Waals surface area contributed by atoms with Gasteiger partial charge in [0.15, 0.2) is 0 Å². The summed E-state index contributed by atoms with van der Waals surface area (Å²) in [6.07, 6.45) is 7.13. The fourth-order valence-electron chi connectivity index (χ4n) is 11.5. The summed E-state index contributed by atoms with van der Waals surface area (Å²) in [7, 11) is 0. The van der Waals surface area contributed by atoms with E-state index in [1.807, 2.05) is 0 Å². The SMILES string of the molecule is CCCCC1(CCCC)c2cc(-c3ccc4ccc5cc(C(C)(C)C)cc6ccc3c4c56)ccc2-c2ccc(-c3ccc4ccc5cc(C(C)(C)C)cc6ccc3c4c56)cc21. The van der Waals surface area contributed by atoms with Crippen molar-refractivity contribution in [2.75, 3.05) is 0 Å². The van der Waals surface area contributed by atoms with Crippen molar-refractivity contribution in [3.63, 3.8) is 0 Å². The highest BCUT2D eigenvalue weighted by Crippen LogP contribution is 2.56. The number of rotatable bonds is 8. The largest absolute Gasteiger partial charge is 0.0654 e. The van der Waals surface area contributed by atoms with Crippen LogP contribution in [0.5, 0.6) is 0 Å². The van der Waals surface area contributed by atoms with E-state index in [4.69, 9.17) is 0 Å². The molecule has 302 valence electrons. The summed E-state index contributed by atoms with van der Waals surface area (Å²) in [5.74, 6) is 0. The third-order valence-corrected chi connectivity index (χ3v) is 14.8. The molecular formula is C61H58. The molecule has 0 fully saturated rings. The molecule has 0 bridgehead atoms. The van der Waals surface area contributed by atoms with Crippen LogP contribution in [0.1, 0.15) is 116 Å². The highest BCUT2D eigenvalue weighted by molar-refractivity contribution is 6.27. The highest BCUT2D eigenvalue weighted by atomic mass is 14.5. The Bertz CT molecular complexity index is 3080. The van der Waals surface area contributed by atoms with Crippen LogP contribution in [0.2, 0.25) is 0 Å². The van der Waals surface area contributed by atoms with Crippen molar-refractivity contribution in [1.82, 2.24) is 0 Å². The lowest BCUT2D eigenvalue weighted by Gasteiger charge is -2.33. The molecule has 0 N–H and O–H groups in total. The van der Waals surface area contributed by atoms with E-state index in [2.05, 4.69) is 189 Å². The lowest BCUT2D eigenvalue weighted by molar-refractivity contribution is 0.414. The van der Waals surface area contributed by atoms with E-state index in [0.717, 1.165) is 0 Å². The summed E-state index contributed by atoms with van der Waals surface area (Å²) in [5, 5.41) is 16.3. The summed E-state index contributed by atoms with van der Waals surface area (Å²) >= 11 is 0. The molecule has 0 saturated heterocycles. The number of benzene rings is 10. The van der Waals surface area contributed by atoms with Crippen molar-refractivity contribution in [2.24, 2.45) is 0 Å². The van der Waals surface area contributed by atoms with Gasteiger partial charge in [0.05, 0.1) is 0 Å². The van der Waals surface area contributed by atoms with Crippen molar-refractivity contribution in [3.05, 3.63) is 156 Å². The molecule has 0 atom stereocenters. The number of fused-ring (bicyclic) bond motifs is 3. The van der Waals surface area contributed by atoms with Crippen LogP contribution in [0.3, 0.4) is 0 Å². The standard InChI is InChI=1S/C61H58/c1-9-11-29-61(30-12-10-2)53-35-39(47-23-17-37-13-15-41-31-45(59(3,4)5)33-43-21-27-51(47)57(37)55(41)43)19-25-49(53)50-26-20-40(36-54(50)61)48-24-18-38-14-16-42-32-46(60(6,7)8)34-44-22-28-52(48)58(38)56(42)44/h13-28,31-36H,9-12,29-30H2,1-8H3. The smallest absolute Gasteiger partial charge is 0.0215 e. The van der Waals surface area contributed by atoms with Gasteiger partial charge in [-0.1, -0.05) is 202 Å². The van der Waals surface area contributed by atoms with E-state index in [1.165, 1.54) is 159 Å². The first kappa shape index (κ1) is 38.2. The van der Waals surface area contributed by atoms with Gasteiger partial charge < -0.3 is 0 Å². The molecule has 0 heteroatoms. The molecule has 0 unspecified atom stereocenters. The summed E-state index contributed by atoms with van der Waals surface area (Å²) in [4.78, 5) is 0. The Morgan fingerprint density at radius 1 is 0.361 bits per heavy atom. The van der Waals surface area contributed by atoms with Gasteiger partial charge in [-0.05, 0) is 156 Å². The maximum absolute atomic E-state index is 2.62. The summed E-state index contributed by atoms with van der Waals surface area (Å²) in [5.41, 5.74) is 14.2. The van der Waals surface area contributed by atoms with Crippen molar-refractivity contribution in [3.8, 4) is 33.4 Å². The van der Waals surface area contributed by atoms with E-state index in [-0.39, 0.29) is 16.2 Å². The second-order valence-corrected chi connectivity index (χ2v) is 20.7. The predicted octanol–water partition coefficient (Wildman–Crippen LogP) is 18.1. The second-order valence-electron chi connectivity index (χ2n) is 20.7. The van der Waals surface area contributed by atoms with Crippen molar-refractivity contribution in [2.45, 2.75) is 110 Å². The molecule has 0 nitrogen and oxygen atoms in total. The van der Waals surface area contributed by atoms with E-state index in [1.54, 1.807) is 0 Å². The van der Waals surface area contributed by atoms with Crippen LogP contribution >= 0.6 is 0 Å². The first-order chi connectivity index (χ1) is 29.4. The second kappa shape index (κ2) is 13.6. The van der Waals surface area contributed by atoms with Gasteiger partial charge in [-0.25, -0.2) is 0 Å². The Kier molecular flexibility index (Phi) is 8.55. The molecule has 10 aromatic carbocycles. The van der Waals surface area contributed by atoms with Gasteiger partial charge in [-0.3, -0.25) is 0 Å². The zero-order chi connectivity index (χ0) is 42.0. The quantitative estimate of drug-likeness (QED) is 0.135. The van der Waals surface area contributed by atoms with Gasteiger partial charge in [0.25, 0.3) is 0 Å². The van der Waals surface area contributed by atoms with Crippen LogP contribution in [0, 0.1) is 0 Å². The van der Waals surface area contributed by atoms with Gasteiger partial charge >= 0.3 is 0 Å². The summed E-state index contributed by atoms with van der Waals surface area (Å²) in [6.45, 7) is 18.6. The zero-order valence-corrected chi connectivity index (χ0v) is 37.4. The molecule has 0 amide bonds. The van der Waals surface area contributed by atoms with Gasteiger partial charge in [0.2, 0.25) is 0 Å².